The SMILES string of the molecule is CN(/N=C/c1cnc2ccc(Cl)cn12)S(=O)(=O)c1cc([N+](=O)[O-])ccc1N. The lowest BCUT2D eigenvalue weighted by Gasteiger charge is -2.14. The molecular formula is C15H13ClN6O4S. The number of nitrogens with two attached hydrogens (primary N) is 1. The van der Waals surface area contributed by atoms with E-state index in [1.165, 1.54) is 19.5 Å². The number of nitro benzene ring substituents is 1. The predicted octanol–water partition coefficient (Wildman–Crippen LogP) is 2.13. The average Bonchev–Trinajstić information content (AvgIpc) is 3.01. The van der Waals surface area contributed by atoms with Gasteiger partial charge in [0.2, 0.25) is 0 Å². The van der Waals surface area contributed by atoms with Crippen molar-refractivity contribution >= 4 is 44.9 Å². The molecular weight excluding hydrogens is 396 g/mol. The standard InChI is InChI=1S/C15H13ClN6O4S/c1-20(19-8-12-7-18-15-5-2-10(16)9-21(12)15)27(25,26)14-6-11(22(23)24)3-4-13(14)17/h2-9H,17H2,1H3/b19-8+. The molecule has 140 valence electrons. The van der Waals surface area contributed by atoms with Crippen LogP contribution in [0, 0.1) is 10.1 Å². The maximum absolute atomic E-state index is 12.7. The van der Waals surface area contributed by atoms with Crippen LogP contribution in [0.15, 0.2) is 52.7 Å². The summed E-state index contributed by atoms with van der Waals surface area (Å²) in [6.45, 7) is 0. The van der Waals surface area contributed by atoms with E-state index in [9.17, 15) is 18.5 Å². The summed E-state index contributed by atoms with van der Waals surface area (Å²) in [6.07, 6.45) is 4.39. The summed E-state index contributed by atoms with van der Waals surface area (Å²) in [4.78, 5) is 13.9. The minimum absolute atomic E-state index is 0.121. The van der Waals surface area contributed by atoms with Gasteiger partial charge in [-0.05, 0) is 18.2 Å². The fourth-order valence-corrected chi connectivity index (χ4v) is 3.53. The summed E-state index contributed by atoms with van der Waals surface area (Å²) in [6, 6.07) is 6.55. The molecule has 0 aliphatic heterocycles. The Balaban J connectivity index is 1.96. The number of nitro groups is 1. The number of hydrazone groups is 1. The molecule has 0 spiro atoms. The largest absolute Gasteiger partial charge is 0.398 e. The van der Waals surface area contributed by atoms with Crippen LogP contribution in [0.4, 0.5) is 11.4 Å². The minimum Gasteiger partial charge on any atom is -0.398 e. The van der Waals surface area contributed by atoms with E-state index in [1.54, 1.807) is 22.7 Å². The zero-order valence-electron chi connectivity index (χ0n) is 13.9. The number of fused-ring (bicyclic) bond motifs is 1. The van der Waals surface area contributed by atoms with Crippen molar-refractivity contribution in [3.05, 3.63) is 63.6 Å². The van der Waals surface area contributed by atoms with E-state index in [4.69, 9.17) is 17.3 Å². The van der Waals surface area contributed by atoms with E-state index in [-0.39, 0.29) is 5.69 Å². The Kier molecular flexibility index (Phi) is 4.72. The second-order valence-corrected chi connectivity index (χ2v) is 7.78. The highest BCUT2D eigenvalue weighted by Gasteiger charge is 2.25. The first-order valence-corrected chi connectivity index (χ1v) is 9.21. The predicted molar refractivity (Wildman–Crippen MR) is 100 cm³/mol. The lowest BCUT2D eigenvalue weighted by atomic mass is 10.3. The van der Waals surface area contributed by atoms with Crippen LogP contribution in [0.2, 0.25) is 5.02 Å². The molecule has 27 heavy (non-hydrogen) atoms. The van der Waals surface area contributed by atoms with Crippen molar-refractivity contribution < 1.29 is 13.3 Å². The summed E-state index contributed by atoms with van der Waals surface area (Å²) < 4.78 is 27.6. The number of rotatable bonds is 5. The molecule has 0 unspecified atom stereocenters. The van der Waals surface area contributed by atoms with Crippen LogP contribution in [0.25, 0.3) is 5.65 Å². The lowest BCUT2D eigenvalue weighted by molar-refractivity contribution is -0.385. The lowest BCUT2D eigenvalue weighted by Crippen LogP contribution is -2.23. The number of nitrogens with zero attached hydrogens (tertiary/aromatic N) is 5. The third-order valence-corrected chi connectivity index (χ3v) is 5.61. The summed E-state index contributed by atoms with van der Waals surface area (Å²) in [5.41, 5.74) is 6.27. The van der Waals surface area contributed by atoms with Gasteiger partial charge in [0.05, 0.1) is 33.7 Å². The van der Waals surface area contributed by atoms with E-state index in [0.29, 0.717) is 20.8 Å². The third-order valence-electron chi connectivity index (χ3n) is 3.68. The van der Waals surface area contributed by atoms with Crippen molar-refractivity contribution in [3.8, 4) is 0 Å². The number of non-ortho nitro benzene ring substituents is 1. The summed E-state index contributed by atoms with van der Waals surface area (Å²) >= 11 is 5.95. The number of halogens is 1. The van der Waals surface area contributed by atoms with Crippen LogP contribution in [0.5, 0.6) is 0 Å². The monoisotopic (exact) mass is 408 g/mol. The van der Waals surface area contributed by atoms with E-state index < -0.39 is 25.5 Å². The molecule has 0 aliphatic rings. The zero-order valence-corrected chi connectivity index (χ0v) is 15.4. The van der Waals surface area contributed by atoms with Gasteiger partial charge >= 0.3 is 0 Å². The molecule has 3 aromatic rings. The number of pyridine rings is 1. The van der Waals surface area contributed by atoms with Crippen molar-refractivity contribution in [2.24, 2.45) is 5.10 Å². The molecule has 2 aromatic heterocycles. The van der Waals surface area contributed by atoms with Crippen molar-refractivity contribution in [2.45, 2.75) is 4.90 Å². The van der Waals surface area contributed by atoms with Crippen molar-refractivity contribution in [1.82, 2.24) is 13.8 Å². The van der Waals surface area contributed by atoms with Crippen LogP contribution >= 0.6 is 11.6 Å². The molecule has 0 saturated carbocycles. The van der Waals surface area contributed by atoms with Crippen molar-refractivity contribution in [1.29, 1.82) is 0 Å². The zero-order chi connectivity index (χ0) is 19.8. The third kappa shape index (κ3) is 3.55. The maximum atomic E-state index is 12.7. The highest BCUT2D eigenvalue weighted by Crippen LogP contribution is 2.26. The number of aromatic nitrogens is 2. The summed E-state index contributed by atoms with van der Waals surface area (Å²) in [7, 11) is -3.00. The first-order chi connectivity index (χ1) is 12.7. The molecule has 0 bridgehead atoms. The molecule has 0 aliphatic carbocycles. The second kappa shape index (κ2) is 6.85. The Bertz CT molecular complexity index is 1170. The smallest absolute Gasteiger partial charge is 0.281 e. The van der Waals surface area contributed by atoms with Gasteiger partial charge in [-0.1, -0.05) is 11.6 Å². The first kappa shape index (κ1) is 18.6. The van der Waals surface area contributed by atoms with Gasteiger partial charge in [0.15, 0.2) is 0 Å². The van der Waals surface area contributed by atoms with Gasteiger partial charge in [-0.25, -0.2) is 4.98 Å². The van der Waals surface area contributed by atoms with Gasteiger partial charge in [-0.3, -0.25) is 14.5 Å². The van der Waals surface area contributed by atoms with E-state index >= 15 is 0 Å². The molecule has 0 fully saturated rings. The molecule has 0 atom stereocenters. The second-order valence-electron chi connectivity index (χ2n) is 5.42. The molecule has 12 heteroatoms. The van der Waals surface area contributed by atoms with Crippen LogP contribution in [-0.2, 0) is 10.0 Å². The Morgan fingerprint density at radius 1 is 1.37 bits per heavy atom. The summed E-state index contributed by atoms with van der Waals surface area (Å²) in [5.74, 6) is 0. The number of hydrogen-bond donors (Lipinski definition) is 1. The van der Waals surface area contributed by atoms with Gasteiger partial charge < -0.3 is 5.73 Å². The highest BCUT2D eigenvalue weighted by molar-refractivity contribution is 7.89. The quantitative estimate of drug-likeness (QED) is 0.297. The van der Waals surface area contributed by atoms with Gasteiger partial charge in [0, 0.05) is 25.4 Å². The molecule has 10 nitrogen and oxygen atoms in total. The average molecular weight is 409 g/mol. The number of benzene rings is 1. The molecule has 3 rings (SSSR count). The fourth-order valence-electron chi connectivity index (χ4n) is 2.27. The molecule has 0 radical (unpaired) electrons. The van der Waals surface area contributed by atoms with Crippen LogP contribution in [-0.4, -0.2) is 40.4 Å². The Morgan fingerprint density at radius 3 is 2.81 bits per heavy atom. The number of imidazole rings is 1. The molecule has 2 heterocycles. The topological polar surface area (TPSA) is 136 Å². The van der Waals surface area contributed by atoms with Gasteiger partial charge in [0.1, 0.15) is 10.5 Å². The fraction of sp³-hybridized carbons (Fsp3) is 0.0667. The number of sulfonamides is 1. The van der Waals surface area contributed by atoms with Crippen LogP contribution in [0.1, 0.15) is 5.69 Å². The number of nitrogen functional groups attached to an aromatic ring is 1. The Morgan fingerprint density at radius 2 is 2.11 bits per heavy atom. The van der Waals surface area contributed by atoms with Gasteiger partial charge in [-0.15, -0.1) is 0 Å². The number of hydrogen-bond acceptors (Lipinski definition) is 7. The normalized spacial score (nSPS) is 11.9. The van der Waals surface area contributed by atoms with Crippen molar-refractivity contribution in [2.75, 3.05) is 12.8 Å². The molecule has 0 amide bonds. The Hall–Kier alpha value is -3.18. The molecule has 1 aromatic carbocycles. The molecule has 0 saturated heterocycles. The minimum atomic E-state index is -4.19. The van der Waals surface area contributed by atoms with E-state index in [1.807, 2.05) is 0 Å². The van der Waals surface area contributed by atoms with E-state index in [0.717, 1.165) is 18.2 Å². The van der Waals surface area contributed by atoms with E-state index in [2.05, 4.69) is 10.1 Å². The van der Waals surface area contributed by atoms with Crippen molar-refractivity contribution in [3.63, 3.8) is 0 Å². The summed E-state index contributed by atoms with van der Waals surface area (Å²) in [5, 5.41) is 15.3. The Labute approximate surface area is 158 Å². The van der Waals surface area contributed by atoms with Gasteiger partial charge in [0.25, 0.3) is 15.7 Å². The maximum Gasteiger partial charge on any atom is 0.281 e. The molecule has 2 N–H and O–H groups in total. The van der Waals surface area contributed by atoms with Gasteiger partial charge in [-0.2, -0.15) is 17.9 Å². The van der Waals surface area contributed by atoms with Crippen LogP contribution < -0.4 is 5.73 Å². The first-order valence-electron chi connectivity index (χ1n) is 7.39. The number of anilines is 1. The highest BCUT2D eigenvalue weighted by atomic mass is 35.5. The van der Waals surface area contributed by atoms with Crippen LogP contribution in [0.3, 0.4) is 0 Å².